The largest absolute Gasteiger partial charge is 0.496 e. The number of fused-ring (bicyclic) bond motifs is 1. The summed E-state index contributed by atoms with van der Waals surface area (Å²) in [5.74, 6) is 1.39. The van der Waals surface area contributed by atoms with E-state index in [-0.39, 0.29) is 5.91 Å². The number of rotatable bonds is 4. The van der Waals surface area contributed by atoms with E-state index in [1.54, 1.807) is 7.11 Å². The minimum Gasteiger partial charge on any atom is -0.496 e. The van der Waals surface area contributed by atoms with Gasteiger partial charge < -0.3 is 9.64 Å². The van der Waals surface area contributed by atoms with Crippen LogP contribution in [0.1, 0.15) is 28.8 Å². The van der Waals surface area contributed by atoms with Crippen LogP contribution in [-0.4, -0.2) is 31.0 Å². The predicted molar refractivity (Wildman–Crippen MR) is 109 cm³/mol. The predicted octanol–water partition coefficient (Wildman–Crippen LogP) is 4.94. The highest BCUT2D eigenvalue weighted by Crippen LogP contribution is 2.29. The number of nitrogens with zero attached hydrogens (tertiary/aromatic N) is 1. The Hall–Kier alpha value is -2.81. The first-order valence-electron chi connectivity index (χ1n) is 9.64. The van der Waals surface area contributed by atoms with Gasteiger partial charge in [0.05, 0.1) is 12.7 Å². The first-order valence-corrected chi connectivity index (χ1v) is 9.64. The summed E-state index contributed by atoms with van der Waals surface area (Å²) in [6.45, 7) is 1.62. The molecule has 3 nitrogen and oxygen atoms in total. The second kappa shape index (κ2) is 7.83. The molecule has 1 saturated heterocycles. The van der Waals surface area contributed by atoms with Crippen LogP contribution in [0.5, 0.6) is 5.75 Å². The van der Waals surface area contributed by atoms with Gasteiger partial charge in [0.25, 0.3) is 5.91 Å². The van der Waals surface area contributed by atoms with Gasteiger partial charge in [0.1, 0.15) is 5.75 Å². The Balaban J connectivity index is 1.47. The minimum absolute atomic E-state index is 0.0794. The summed E-state index contributed by atoms with van der Waals surface area (Å²) in [7, 11) is 1.63. The maximum absolute atomic E-state index is 13.1. The van der Waals surface area contributed by atoms with Gasteiger partial charge in [0.2, 0.25) is 0 Å². The van der Waals surface area contributed by atoms with Gasteiger partial charge in [0.15, 0.2) is 0 Å². The van der Waals surface area contributed by atoms with E-state index in [9.17, 15) is 4.79 Å². The molecule has 0 aromatic heterocycles. The van der Waals surface area contributed by atoms with Crippen molar-refractivity contribution in [2.45, 2.75) is 19.3 Å². The Morgan fingerprint density at radius 1 is 0.963 bits per heavy atom. The normalized spacial score (nSPS) is 15.1. The third-order valence-corrected chi connectivity index (χ3v) is 5.57. The van der Waals surface area contributed by atoms with Gasteiger partial charge in [-0.1, -0.05) is 54.6 Å². The molecule has 0 saturated carbocycles. The van der Waals surface area contributed by atoms with E-state index in [1.807, 2.05) is 41.3 Å². The Bertz CT molecular complexity index is 928. The van der Waals surface area contributed by atoms with Crippen LogP contribution in [0.3, 0.4) is 0 Å². The lowest BCUT2D eigenvalue weighted by Crippen LogP contribution is -2.39. The minimum atomic E-state index is 0.0794. The number of likely N-dealkylation sites (tertiary alicyclic amines) is 1. The Kier molecular flexibility index (Phi) is 5.10. The summed E-state index contributed by atoms with van der Waals surface area (Å²) in [4.78, 5) is 15.1. The summed E-state index contributed by atoms with van der Waals surface area (Å²) in [6.07, 6.45) is 3.20. The van der Waals surface area contributed by atoms with Crippen LogP contribution in [0.15, 0.2) is 66.7 Å². The molecule has 4 rings (SSSR count). The monoisotopic (exact) mass is 359 g/mol. The van der Waals surface area contributed by atoms with Crippen molar-refractivity contribution in [3.05, 3.63) is 77.9 Å². The molecule has 0 radical (unpaired) electrons. The van der Waals surface area contributed by atoms with Crippen LogP contribution in [-0.2, 0) is 6.42 Å². The maximum Gasteiger partial charge on any atom is 0.257 e. The highest BCUT2D eigenvalue weighted by Gasteiger charge is 2.25. The number of ether oxygens (including phenoxy) is 1. The number of carbonyl (C=O) groups is 1. The first kappa shape index (κ1) is 17.6. The van der Waals surface area contributed by atoms with E-state index < -0.39 is 0 Å². The summed E-state index contributed by atoms with van der Waals surface area (Å²) in [6, 6.07) is 22.6. The molecule has 0 atom stereocenters. The third kappa shape index (κ3) is 3.82. The molecular weight excluding hydrogens is 334 g/mol. The number of carbonyl (C=O) groups excluding carboxylic acids is 1. The summed E-state index contributed by atoms with van der Waals surface area (Å²) >= 11 is 0. The highest BCUT2D eigenvalue weighted by atomic mass is 16.5. The summed E-state index contributed by atoms with van der Waals surface area (Å²) < 4.78 is 5.52. The SMILES string of the molecule is COc1cc2ccccc2cc1C(=O)N1CCC(Cc2ccccc2)CC1. The van der Waals surface area contributed by atoms with E-state index >= 15 is 0 Å². The van der Waals surface area contributed by atoms with Gasteiger partial charge in [-0.05, 0) is 53.6 Å². The van der Waals surface area contributed by atoms with Gasteiger partial charge in [-0.15, -0.1) is 0 Å². The molecule has 27 heavy (non-hydrogen) atoms. The number of benzene rings is 3. The molecule has 1 amide bonds. The maximum atomic E-state index is 13.1. The van der Waals surface area contributed by atoms with Crippen molar-refractivity contribution in [3.8, 4) is 5.75 Å². The van der Waals surface area contributed by atoms with Crippen LogP contribution >= 0.6 is 0 Å². The van der Waals surface area contributed by atoms with Gasteiger partial charge >= 0.3 is 0 Å². The fourth-order valence-electron chi connectivity index (χ4n) is 4.01. The van der Waals surface area contributed by atoms with E-state index in [0.29, 0.717) is 17.2 Å². The Morgan fingerprint density at radius 2 is 1.59 bits per heavy atom. The van der Waals surface area contributed by atoms with E-state index in [2.05, 4.69) is 30.3 Å². The molecule has 0 N–H and O–H groups in total. The molecule has 1 aliphatic heterocycles. The molecule has 0 unspecified atom stereocenters. The molecule has 0 spiro atoms. The van der Waals surface area contributed by atoms with Crippen molar-refractivity contribution in [1.29, 1.82) is 0 Å². The number of piperidine rings is 1. The number of hydrogen-bond donors (Lipinski definition) is 0. The molecule has 1 aliphatic rings. The Labute approximate surface area is 160 Å². The van der Waals surface area contributed by atoms with Gasteiger partial charge in [-0.3, -0.25) is 4.79 Å². The van der Waals surface area contributed by atoms with Gasteiger partial charge in [-0.2, -0.15) is 0 Å². The molecule has 1 fully saturated rings. The van der Waals surface area contributed by atoms with Crippen molar-refractivity contribution in [1.82, 2.24) is 4.90 Å². The Morgan fingerprint density at radius 3 is 2.26 bits per heavy atom. The topological polar surface area (TPSA) is 29.5 Å². The fourth-order valence-corrected chi connectivity index (χ4v) is 4.01. The number of methoxy groups -OCH3 is 1. The standard InChI is InChI=1S/C24H25NO2/c1-27-23-17-21-10-6-5-9-20(21)16-22(23)24(26)25-13-11-19(12-14-25)15-18-7-3-2-4-8-18/h2-10,16-17,19H,11-15H2,1H3. The lowest BCUT2D eigenvalue weighted by atomic mass is 9.90. The summed E-state index contributed by atoms with van der Waals surface area (Å²) in [5.41, 5.74) is 2.05. The van der Waals surface area contributed by atoms with Gasteiger partial charge in [0, 0.05) is 13.1 Å². The molecular formula is C24H25NO2. The van der Waals surface area contributed by atoms with Crippen molar-refractivity contribution in [2.75, 3.05) is 20.2 Å². The van der Waals surface area contributed by atoms with Crippen LogP contribution in [0.25, 0.3) is 10.8 Å². The second-order valence-corrected chi connectivity index (χ2v) is 7.32. The lowest BCUT2D eigenvalue weighted by molar-refractivity contribution is 0.0687. The van der Waals surface area contributed by atoms with E-state index in [1.165, 1.54) is 5.56 Å². The fraction of sp³-hybridized carbons (Fsp3) is 0.292. The molecule has 1 heterocycles. The smallest absolute Gasteiger partial charge is 0.257 e. The highest BCUT2D eigenvalue weighted by molar-refractivity contribution is 6.01. The van der Waals surface area contributed by atoms with Crippen molar-refractivity contribution < 1.29 is 9.53 Å². The molecule has 138 valence electrons. The molecule has 0 bridgehead atoms. The van der Waals surface area contributed by atoms with Crippen molar-refractivity contribution >= 4 is 16.7 Å². The average Bonchev–Trinajstić information content (AvgIpc) is 2.73. The molecule has 0 aliphatic carbocycles. The number of amides is 1. The molecule has 3 aromatic rings. The molecule has 3 heteroatoms. The average molecular weight is 359 g/mol. The molecule has 3 aromatic carbocycles. The quantitative estimate of drug-likeness (QED) is 0.660. The lowest BCUT2D eigenvalue weighted by Gasteiger charge is -2.32. The van der Waals surface area contributed by atoms with Crippen LogP contribution in [0, 0.1) is 5.92 Å². The zero-order chi connectivity index (χ0) is 18.6. The zero-order valence-electron chi connectivity index (χ0n) is 15.7. The van der Waals surface area contributed by atoms with Crippen LogP contribution < -0.4 is 4.74 Å². The van der Waals surface area contributed by atoms with Crippen molar-refractivity contribution in [3.63, 3.8) is 0 Å². The second-order valence-electron chi connectivity index (χ2n) is 7.32. The van der Waals surface area contributed by atoms with Gasteiger partial charge in [-0.25, -0.2) is 0 Å². The summed E-state index contributed by atoms with van der Waals surface area (Å²) in [5, 5.41) is 2.16. The first-order chi connectivity index (χ1) is 13.2. The van der Waals surface area contributed by atoms with E-state index in [0.717, 1.165) is 43.1 Å². The van der Waals surface area contributed by atoms with Crippen molar-refractivity contribution in [2.24, 2.45) is 5.92 Å². The van der Waals surface area contributed by atoms with Crippen LogP contribution in [0.4, 0.5) is 0 Å². The van der Waals surface area contributed by atoms with E-state index in [4.69, 9.17) is 4.74 Å². The number of hydrogen-bond acceptors (Lipinski definition) is 2. The third-order valence-electron chi connectivity index (χ3n) is 5.57. The van der Waals surface area contributed by atoms with Crippen LogP contribution in [0.2, 0.25) is 0 Å². The zero-order valence-corrected chi connectivity index (χ0v) is 15.7.